The average molecular weight is 235 g/mol. The highest BCUT2D eigenvalue weighted by atomic mass is 16.5. The van der Waals surface area contributed by atoms with Gasteiger partial charge in [0.05, 0.1) is 0 Å². The molecule has 0 spiro atoms. The molecule has 1 heterocycles. The van der Waals surface area contributed by atoms with Gasteiger partial charge in [-0.3, -0.25) is 4.52 Å². The van der Waals surface area contributed by atoms with Crippen molar-refractivity contribution in [2.45, 2.75) is 25.9 Å². The number of hydrogen-bond acceptors (Lipinski definition) is 3. The van der Waals surface area contributed by atoms with Gasteiger partial charge >= 0.3 is 11.3 Å². The molecule has 1 aromatic heterocycles. The van der Waals surface area contributed by atoms with Crippen LogP contribution in [-0.2, 0) is 5.60 Å². The summed E-state index contributed by atoms with van der Waals surface area (Å²) >= 11 is 0. The molecule has 0 bridgehead atoms. The summed E-state index contributed by atoms with van der Waals surface area (Å²) in [5, 5.41) is 12.7. The summed E-state index contributed by atoms with van der Waals surface area (Å²) in [6, 6.07) is 9.21. The van der Waals surface area contributed by atoms with Crippen LogP contribution in [0.25, 0.3) is 5.69 Å². The molecule has 1 atom stereocenters. The summed E-state index contributed by atoms with van der Waals surface area (Å²) in [5.41, 5.74) is -0.842. The van der Waals surface area contributed by atoms with Crippen LogP contribution in [0, 0.1) is 0 Å². The Labute approximate surface area is 98.3 Å². The number of benzene rings is 1. The SMILES string of the molecule is CCC(C)(O)c1c(=O)o[nH][n+]1-c1ccccc1. The van der Waals surface area contributed by atoms with E-state index in [-0.39, 0.29) is 5.69 Å². The molecule has 0 radical (unpaired) electrons. The standard InChI is InChI=1S/C12H14N2O3/c1-3-12(2,16)10-11(15)17-13-14(10)9-7-5-4-6-8-9/h4-8,16H,3H2,1-2H3/p+1. The van der Waals surface area contributed by atoms with Crippen LogP contribution in [0.5, 0.6) is 0 Å². The van der Waals surface area contributed by atoms with Gasteiger partial charge in [-0.2, -0.15) is 0 Å². The zero-order valence-electron chi connectivity index (χ0n) is 9.80. The first-order valence-corrected chi connectivity index (χ1v) is 5.48. The second-order valence-corrected chi connectivity index (χ2v) is 4.13. The Kier molecular flexibility index (Phi) is 2.85. The summed E-state index contributed by atoms with van der Waals surface area (Å²) < 4.78 is 6.22. The third-order valence-electron chi connectivity index (χ3n) is 2.86. The first-order valence-electron chi connectivity index (χ1n) is 5.48. The van der Waals surface area contributed by atoms with Crippen molar-refractivity contribution in [2.75, 3.05) is 0 Å². The third kappa shape index (κ3) is 2.01. The molecule has 5 heteroatoms. The lowest BCUT2D eigenvalue weighted by Gasteiger charge is -2.13. The molecule has 2 aromatic rings. The van der Waals surface area contributed by atoms with E-state index in [0.29, 0.717) is 6.42 Å². The minimum Gasteiger partial charge on any atom is -0.379 e. The summed E-state index contributed by atoms with van der Waals surface area (Å²) in [7, 11) is 0. The van der Waals surface area contributed by atoms with Gasteiger partial charge in [0, 0.05) is 12.1 Å². The number of aromatic nitrogens is 2. The maximum Gasteiger partial charge on any atom is 0.433 e. The maximum atomic E-state index is 11.6. The van der Waals surface area contributed by atoms with E-state index in [1.165, 1.54) is 4.68 Å². The average Bonchev–Trinajstić information content (AvgIpc) is 2.73. The lowest BCUT2D eigenvalue weighted by Crippen LogP contribution is -2.46. The minimum absolute atomic E-state index is 0.200. The van der Waals surface area contributed by atoms with Crippen molar-refractivity contribution in [1.82, 2.24) is 5.27 Å². The van der Waals surface area contributed by atoms with Gasteiger partial charge in [0.2, 0.25) is 5.69 Å². The first-order chi connectivity index (χ1) is 8.06. The number of H-pyrrole nitrogens is 1. The number of para-hydroxylation sites is 1. The van der Waals surface area contributed by atoms with Gasteiger partial charge in [-0.05, 0) is 23.3 Å². The minimum atomic E-state index is -1.23. The van der Waals surface area contributed by atoms with Crippen LogP contribution < -0.4 is 10.3 Å². The number of rotatable bonds is 3. The predicted molar refractivity (Wildman–Crippen MR) is 60.7 cm³/mol. The highest BCUT2D eigenvalue weighted by molar-refractivity contribution is 5.21. The van der Waals surface area contributed by atoms with E-state index in [0.717, 1.165) is 5.69 Å². The first kappa shape index (κ1) is 11.6. The van der Waals surface area contributed by atoms with E-state index >= 15 is 0 Å². The monoisotopic (exact) mass is 235 g/mol. The molecule has 17 heavy (non-hydrogen) atoms. The van der Waals surface area contributed by atoms with Crippen molar-refractivity contribution in [1.29, 1.82) is 0 Å². The van der Waals surface area contributed by atoms with E-state index in [4.69, 9.17) is 4.52 Å². The summed E-state index contributed by atoms with van der Waals surface area (Å²) in [4.78, 5) is 11.6. The second kappa shape index (κ2) is 4.18. The van der Waals surface area contributed by atoms with Gasteiger partial charge in [0.1, 0.15) is 0 Å². The molecule has 0 saturated heterocycles. The Morgan fingerprint density at radius 2 is 2.06 bits per heavy atom. The molecule has 0 aliphatic rings. The summed E-state index contributed by atoms with van der Waals surface area (Å²) in [5.74, 6) is 0. The van der Waals surface area contributed by atoms with Crippen LogP contribution in [0.3, 0.4) is 0 Å². The van der Waals surface area contributed by atoms with Gasteiger partial charge < -0.3 is 5.11 Å². The van der Waals surface area contributed by atoms with Gasteiger partial charge in [-0.25, -0.2) is 4.79 Å². The molecular formula is C12H15N2O3+. The van der Waals surface area contributed by atoms with E-state index in [2.05, 4.69) is 5.27 Å². The van der Waals surface area contributed by atoms with Gasteiger partial charge in [-0.15, -0.1) is 0 Å². The Morgan fingerprint density at radius 3 is 2.65 bits per heavy atom. The van der Waals surface area contributed by atoms with E-state index < -0.39 is 11.2 Å². The fraction of sp³-hybridized carbons (Fsp3) is 0.333. The highest BCUT2D eigenvalue weighted by Crippen LogP contribution is 2.18. The van der Waals surface area contributed by atoms with E-state index in [1.54, 1.807) is 6.92 Å². The molecule has 0 fully saturated rings. The van der Waals surface area contributed by atoms with Crippen LogP contribution in [0.2, 0.25) is 0 Å². The molecule has 1 aromatic carbocycles. The maximum absolute atomic E-state index is 11.6. The Hall–Kier alpha value is -1.88. The molecule has 2 rings (SSSR count). The topological polar surface area (TPSA) is 70.1 Å². The molecule has 0 amide bonds. The van der Waals surface area contributed by atoms with E-state index in [9.17, 15) is 9.90 Å². The molecule has 0 aliphatic heterocycles. The van der Waals surface area contributed by atoms with Crippen LogP contribution in [0.1, 0.15) is 26.0 Å². The molecule has 1 unspecified atom stereocenters. The summed E-state index contributed by atoms with van der Waals surface area (Å²) in [6.07, 6.45) is 0.419. The van der Waals surface area contributed by atoms with Gasteiger partial charge in [0.15, 0.2) is 5.60 Å². The van der Waals surface area contributed by atoms with Crippen molar-refractivity contribution in [3.05, 3.63) is 46.4 Å². The smallest absolute Gasteiger partial charge is 0.379 e. The molecule has 5 nitrogen and oxygen atoms in total. The lowest BCUT2D eigenvalue weighted by atomic mass is 9.99. The van der Waals surface area contributed by atoms with Crippen LogP contribution in [-0.4, -0.2) is 10.4 Å². The van der Waals surface area contributed by atoms with Crippen LogP contribution in [0.4, 0.5) is 0 Å². The third-order valence-corrected chi connectivity index (χ3v) is 2.86. The largest absolute Gasteiger partial charge is 0.433 e. The number of aromatic amines is 1. The van der Waals surface area contributed by atoms with Crippen molar-refractivity contribution in [2.24, 2.45) is 0 Å². The molecule has 90 valence electrons. The predicted octanol–water partition coefficient (Wildman–Crippen LogP) is 0.862. The summed E-state index contributed by atoms with van der Waals surface area (Å²) in [6.45, 7) is 3.40. The quantitative estimate of drug-likeness (QED) is 0.775. The zero-order valence-corrected chi connectivity index (χ0v) is 9.80. The molecule has 0 saturated carbocycles. The van der Waals surface area contributed by atoms with Crippen LogP contribution in [0.15, 0.2) is 39.6 Å². The van der Waals surface area contributed by atoms with Crippen molar-refractivity contribution in [3.8, 4) is 5.69 Å². The normalized spacial score (nSPS) is 14.5. The lowest BCUT2D eigenvalue weighted by molar-refractivity contribution is -0.683. The number of hydrogen-bond donors (Lipinski definition) is 2. The van der Waals surface area contributed by atoms with Crippen LogP contribution >= 0.6 is 0 Å². The van der Waals surface area contributed by atoms with Crippen molar-refractivity contribution in [3.63, 3.8) is 0 Å². The number of nitrogens with one attached hydrogen (secondary N) is 1. The van der Waals surface area contributed by atoms with Gasteiger partial charge in [-0.1, -0.05) is 25.1 Å². The van der Waals surface area contributed by atoms with Crippen molar-refractivity contribution < 1.29 is 14.3 Å². The van der Waals surface area contributed by atoms with Crippen molar-refractivity contribution >= 4 is 0 Å². The Balaban J connectivity index is 2.62. The number of aliphatic hydroxyl groups is 1. The van der Waals surface area contributed by atoms with Gasteiger partial charge in [0.25, 0.3) is 0 Å². The molecule has 0 aliphatic carbocycles. The fourth-order valence-corrected chi connectivity index (χ4v) is 1.66. The second-order valence-electron chi connectivity index (χ2n) is 4.13. The Morgan fingerprint density at radius 1 is 1.41 bits per heavy atom. The Bertz CT molecular complexity index is 555. The molecule has 2 N–H and O–H groups in total. The van der Waals surface area contributed by atoms with E-state index in [1.807, 2.05) is 37.3 Å². The zero-order chi connectivity index (χ0) is 12.5. The number of nitrogens with zero attached hydrogens (tertiary/aromatic N) is 1. The fourth-order valence-electron chi connectivity index (χ4n) is 1.66. The molecular weight excluding hydrogens is 220 g/mol. The highest BCUT2D eigenvalue weighted by Gasteiger charge is 2.39.